The highest BCUT2D eigenvalue weighted by atomic mass is 32.2. The van der Waals surface area contributed by atoms with Crippen LogP contribution in [0.25, 0.3) is 10.4 Å². The van der Waals surface area contributed by atoms with Gasteiger partial charge in [-0.05, 0) is 11.8 Å². The molecule has 0 bridgehead atoms. The predicted octanol–water partition coefficient (Wildman–Crippen LogP) is 1.18. The summed E-state index contributed by atoms with van der Waals surface area (Å²) < 4.78 is 21.0. The van der Waals surface area contributed by atoms with E-state index in [9.17, 15) is 14.4 Å². The third kappa shape index (κ3) is 5.59. The molecular formula is C13H19N3O7S. The molecule has 11 heteroatoms. The van der Waals surface area contributed by atoms with Crippen molar-refractivity contribution in [1.82, 2.24) is 0 Å². The number of hydrogen-bond donors (Lipinski definition) is 0. The number of azide groups is 1. The van der Waals surface area contributed by atoms with Crippen LogP contribution in [0, 0.1) is 0 Å². The highest BCUT2D eigenvalue weighted by molar-refractivity contribution is 7.99. The second-order valence-electron chi connectivity index (χ2n) is 4.92. The van der Waals surface area contributed by atoms with Crippen molar-refractivity contribution in [3.8, 4) is 0 Å². The molecule has 24 heavy (non-hydrogen) atoms. The van der Waals surface area contributed by atoms with Crippen LogP contribution in [0.15, 0.2) is 5.11 Å². The van der Waals surface area contributed by atoms with Crippen LogP contribution < -0.4 is 0 Å². The van der Waals surface area contributed by atoms with Gasteiger partial charge in [-0.3, -0.25) is 14.4 Å². The summed E-state index contributed by atoms with van der Waals surface area (Å²) in [5.74, 6) is -1.78. The number of ether oxygens (including phenoxy) is 4. The van der Waals surface area contributed by atoms with Crippen LogP contribution in [-0.4, -0.2) is 60.6 Å². The maximum absolute atomic E-state index is 11.4. The van der Waals surface area contributed by atoms with E-state index in [1.807, 2.05) is 0 Å². The van der Waals surface area contributed by atoms with Crippen LogP contribution >= 0.6 is 11.8 Å². The van der Waals surface area contributed by atoms with E-state index in [1.165, 1.54) is 32.5 Å². The van der Waals surface area contributed by atoms with Crippen molar-refractivity contribution in [2.45, 2.75) is 50.6 Å². The van der Waals surface area contributed by atoms with Crippen molar-refractivity contribution < 1.29 is 33.3 Å². The van der Waals surface area contributed by atoms with E-state index in [-0.39, 0.29) is 6.61 Å². The Morgan fingerprint density at radius 1 is 1.12 bits per heavy atom. The van der Waals surface area contributed by atoms with Crippen LogP contribution in [0.3, 0.4) is 0 Å². The largest absolute Gasteiger partial charge is 0.463 e. The van der Waals surface area contributed by atoms with Crippen LogP contribution in [0.2, 0.25) is 0 Å². The first-order valence-corrected chi connectivity index (χ1v) is 8.29. The van der Waals surface area contributed by atoms with Crippen molar-refractivity contribution in [1.29, 1.82) is 0 Å². The van der Waals surface area contributed by atoms with E-state index in [1.54, 1.807) is 6.26 Å². The van der Waals surface area contributed by atoms with Crippen molar-refractivity contribution >= 4 is 29.7 Å². The van der Waals surface area contributed by atoms with Crippen LogP contribution in [0.1, 0.15) is 20.8 Å². The fourth-order valence-electron chi connectivity index (χ4n) is 2.26. The summed E-state index contributed by atoms with van der Waals surface area (Å²) in [5, 5.41) is 3.62. The summed E-state index contributed by atoms with van der Waals surface area (Å²) in [6.45, 7) is 3.41. The molecule has 1 saturated heterocycles. The molecule has 0 aliphatic carbocycles. The summed E-state index contributed by atoms with van der Waals surface area (Å²) in [7, 11) is 0. The molecular weight excluding hydrogens is 342 g/mol. The molecule has 0 saturated carbocycles. The molecule has 0 aromatic carbocycles. The fourth-order valence-corrected chi connectivity index (χ4v) is 3.00. The summed E-state index contributed by atoms with van der Waals surface area (Å²) in [4.78, 5) is 36.5. The van der Waals surface area contributed by atoms with E-state index in [2.05, 4.69) is 10.0 Å². The van der Waals surface area contributed by atoms with Gasteiger partial charge in [0.05, 0.1) is 0 Å². The van der Waals surface area contributed by atoms with E-state index in [0.29, 0.717) is 0 Å². The lowest BCUT2D eigenvalue weighted by Crippen LogP contribution is -2.59. The minimum atomic E-state index is -1.06. The van der Waals surface area contributed by atoms with Gasteiger partial charge >= 0.3 is 17.9 Å². The van der Waals surface area contributed by atoms with Crippen molar-refractivity contribution in [2.24, 2.45) is 5.11 Å². The van der Waals surface area contributed by atoms with E-state index >= 15 is 0 Å². The summed E-state index contributed by atoms with van der Waals surface area (Å²) in [5.41, 5.74) is 8.15. The van der Waals surface area contributed by atoms with Gasteiger partial charge < -0.3 is 18.9 Å². The van der Waals surface area contributed by atoms with Gasteiger partial charge in [-0.25, -0.2) is 0 Å². The third-order valence-corrected chi connectivity index (χ3v) is 3.93. The third-order valence-electron chi connectivity index (χ3n) is 3.09. The van der Waals surface area contributed by atoms with E-state index in [0.717, 1.165) is 0 Å². The molecule has 1 unspecified atom stereocenters. The van der Waals surface area contributed by atoms with Crippen molar-refractivity contribution in [3.63, 3.8) is 0 Å². The standard InChI is InChI=1S/C13H19N3O7S/c1-6(17)20-5-9-11(21-7(2)18)10(15-16-14)12(22-8(3)19)13(23-9)24-4/h9-13H,5H2,1-4H3/t9-,10+,11+,12-,13?/m1/s1. The number of carbonyl (C=O) groups excluding carboxylic acids is 3. The van der Waals surface area contributed by atoms with Gasteiger partial charge in [0, 0.05) is 25.7 Å². The Hall–Kier alpha value is -1.97. The molecule has 134 valence electrons. The van der Waals surface area contributed by atoms with Crippen LogP contribution in [0.5, 0.6) is 0 Å². The maximum Gasteiger partial charge on any atom is 0.303 e. The number of hydrogen-bond acceptors (Lipinski definition) is 9. The number of nitrogens with zero attached hydrogens (tertiary/aromatic N) is 3. The zero-order valence-electron chi connectivity index (χ0n) is 13.7. The Balaban J connectivity index is 3.17. The molecule has 0 aromatic heterocycles. The molecule has 1 rings (SSSR count). The Kier molecular flexibility index (Phi) is 7.83. The highest BCUT2D eigenvalue weighted by Crippen LogP contribution is 2.33. The van der Waals surface area contributed by atoms with Gasteiger partial charge in [0.25, 0.3) is 0 Å². The Labute approximate surface area is 142 Å². The van der Waals surface area contributed by atoms with Crippen molar-refractivity contribution in [2.75, 3.05) is 12.9 Å². The second kappa shape index (κ2) is 9.36. The first kappa shape index (κ1) is 20.1. The average Bonchev–Trinajstić information content (AvgIpc) is 2.48. The molecule has 0 amide bonds. The number of thioether (sulfide) groups is 1. The smallest absolute Gasteiger partial charge is 0.303 e. The SMILES string of the molecule is CSC1O[C@H](COC(C)=O)[C@H](OC(C)=O)[C@H](N=[N+]=[N-])[C@H]1OC(C)=O. The molecule has 10 nitrogen and oxygen atoms in total. The first-order chi connectivity index (χ1) is 11.3. The van der Waals surface area contributed by atoms with Gasteiger partial charge in [-0.2, -0.15) is 0 Å². The molecule has 1 aliphatic rings. The van der Waals surface area contributed by atoms with Gasteiger partial charge in [0.15, 0.2) is 0 Å². The van der Waals surface area contributed by atoms with Gasteiger partial charge in [0.1, 0.15) is 36.4 Å². The van der Waals surface area contributed by atoms with E-state index < -0.39 is 47.7 Å². The average molecular weight is 361 g/mol. The zero-order chi connectivity index (χ0) is 18.3. The Morgan fingerprint density at radius 3 is 2.17 bits per heavy atom. The lowest BCUT2D eigenvalue weighted by atomic mass is 9.97. The van der Waals surface area contributed by atoms with E-state index in [4.69, 9.17) is 24.5 Å². The summed E-state index contributed by atoms with van der Waals surface area (Å²) in [6, 6.07) is -1.02. The molecule has 1 heterocycles. The van der Waals surface area contributed by atoms with Crippen LogP contribution in [0.4, 0.5) is 0 Å². The summed E-state index contributed by atoms with van der Waals surface area (Å²) in [6.07, 6.45) is -1.17. The quantitative estimate of drug-likeness (QED) is 0.226. The molecule has 1 aliphatic heterocycles. The molecule has 0 aromatic rings. The minimum Gasteiger partial charge on any atom is -0.463 e. The Morgan fingerprint density at radius 2 is 1.71 bits per heavy atom. The molecule has 1 fully saturated rings. The van der Waals surface area contributed by atoms with Crippen LogP contribution in [-0.2, 0) is 33.3 Å². The topological polar surface area (TPSA) is 137 Å². The molecule has 0 N–H and O–H groups in total. The monoisotopic (exact) mass is 361 g/mol. The minimum absolute atomic E-state index is 0.200. The number of carbonyl (C=O) groups is 3. The highest BCUT2D eigenvalue weighted by Gasteiger charge is 2.49. The Bertz CT molecular complexity index is 538. The van der Waals surface area contributed by atoms with Gasteiger partial charge in [0.2, 0.25) is 0 Å². The second-order valence-corrected chi connectivity index (χ2v) is 5.86. The lowest BCUT2D eigenvalue weighted by Gasteiger charge is -2.43. The maximum atomic E-state index is 11.4. The number of rotatable bonds is 6. The summed E-state index contributed by atoms with van der Waals surface area (Å²) >= 11 is 1.22. The van der Waals surface area contributed by atoms with Gasteiger partial charge in [-0.15, -0.1) is 11.8 Å². The van der Waals surface area contributed by atoms with Crippen molar-refractivity contribution in [3.05, 3.63) is 10.4 Å². The lowest BCUT2D eigenvalue weighted by molar-refractivity contribution is -0.200. The zero-order valence-corrected chi connectivity index (χ0v) is 14.5. The predicted molar refractivity (Wildman–Crippen MR) is 82.9 cm³/mol. The molecule has 0 spiro atoms. The van der Waals surface area contributed by atoms with Gasteiger partial charge in [-0.1, -0.05) is 5.11 Å². The molecule has 5 atom stereocenters. The fraction of sp³-hybridized carbons (Fsp3) is 0.769. The first-order valence-electron chi connectivity index (χ1n) is 7.00. The molecule has 0 radical (unpaired) electrons. The number of esters is 3. The normalized spacial score (nSPS) is 29.1.